The van der Waals surface area contributed by atoms with E-state index in [1.807, 2.05) is 13.0 Å². The van der Waals surface area contributed by atoms with E-state index in [1.54, 1.807) is 19.9 Å². The van der Waals surface area contributed by atoms with Gasteiger partial charge in [0, 0.05) is 24.5 Å². The van der Waals surface area contributed by atoms with Gasteiger partial charge in [0.2, 0.25) is 5.78 Å². The van der Waals surface area contributed by atoms with Crippen molar-refractivity contribution < 1.29 is 39.2 Å². The molecule has 1 heterocycles. The van der Waals surface area contributed by atoms with E-state index in [4.69, 9.17) is 14.6 Å². The van der Waals surface area contributed by atoms with E-state index in [9.17, 15) is 24.6 Å². The second-order valence-corrected chi connectivity index (χ2v) is 8.98. The molecule has 1 rings (SSSR count). The van der Waals surface area contributed by atoms with Crippen LogP contribution < -0.4 is 0 Å². The van der Waals surface area contributed by atoms with E-state index in [2.05, 4.69) is 0 Å². The van der Waals surface area contributed by atoms with Gasteiger partial charge >= 0.3 is 11.9 Å². The largest absolute Gasteiger partial charge is 0.504 e. The second kappa shape index (κ2) is 16.2. The Morgan fingerprint density at radius 1 is 1.15 bits per heavy atom. The maximum atomic E-state index is 12.5. The average molecular weight is 481 g/mol. The highest BCUT2D eigenvalue weighted by atomic mass is 16.5. The van der Waals surface area contributed by atoms with Crippen LogP contribution in [0.3, 0.4) is 0 Å². The molecule has 3 atom stereocenters. The summed E-state index contributed by atoms with van der Waals surface area (Å²) in [5.41, 5.74) is 1.13. The summed E-state index contributed by atoms with van der Waals surface area (Å²) < 4.78 is 10.8. The number of aliphatic hydroxyl groups excluding tert-OH is 2. The number of ether oxygens (including phenoxy) is 2. The molecule has 1 aliphatic heterocycles. The highest BCUT2D eigenvalue weighted by Gasteiger charge is 2.30. The zero-order chi connectivity index (χ0) is 25.5. The normalized spacial score (nSPS) is 18.9. The van der Waals surface area contributed by atoms with Crippen LogP contribution in [0.2, 0.25) is 0 Å². The Morgan fingerprint density at radius 2 is 1.79 bits per heavy atom. The van der Waals surface area contributed by atoms with Crippen LogP contribution in [-0.2, 0) is 23.9 Å². The average Bonchev–Trinajstić information content (AvgIpc) is 2.76. The topological polar surface area (TPSA) is 130 Å². The number of Topliss-reactive ketones (excluding diaryl/α,β-unsaturated/α-hetero) is 1. The molecule has 0 aromatic rings. The third-order valence-corrected chi connectivity index (χ3v) is 5.79. The van der Waals surface area contributed by atoms with Gasteiger partial charge in [-0.15, -0.1) is 0 Å². The molecule has 0 aromatic carbocycles. The molecule has 1 aliphatic rings. The number of aliphatic carboxylic acids is 1. The third-order valence-electron chi connectivity index (χ3n) is 5.79. The van der Waals surface area contributed by atoms with E-state index < -0.39 is 29.9 Å². The lowest BCUT2D eigenvalue weighted by Crippen LogP contribution is -2.32. The fraction of sp³-hybridized carbons (Fsp3) is 0.654. The zero-order valence-electron chi connectivity index (χ0n) is 20.6. The number of carbonyl (C=O) groups is 3. The number of carbonyl (C=O) groups excluding carboxylic acids is 2. The highest BCUT2D eigenvalue weighted by molar-refractivity contribution is 5.98. The predicted octanol–water partition coefficient (Wildman–Crippen LogP) is 4.42. The van der Waals surface area contributed by atoms with Crippen LogP contribution in [0.4, 0.5) is 0 Å². The maximum absolute atomic E-state index is 12.5. The minimum Gasteiger partial charge on any atom is -0.504 e. The Labute approximate surface area is 202 Å². The Bertz CT molecular complexity index is 763. The summed E-state index contributed by atoms with van der Waals surface area (Å²) in [6.07, 6.45) is 9.62. The van der Waals surface area contributed by atoms with Gasteiger partial charge in [-0.25, -0.2) is 4.79 Å². The molecule has 0 saturated carbocycles. The lowest BCUT2D eigenvalue weighted by molar-refractivity contribution is -0.138. The Kier molecular flexibility index (Phi) is 14.1. The summed E-state index contributed by atoms with van der Waals surface area (Å²) in [6.45, 7) is 5.73. The molecule has 0 fully saturated rings. The number of carboxylic acid groups (broad SMARTS) is 1. The summed E-state index contributed by atoms with van der Waals surface area (Å²) in [4.78, 5) is 34.9. The minimum absolute atomic E-state index is 0.0290. The van der Waals surface area contributed by atoms with Gasteiger partial charge in [0.05, 0.1) is 19.3 Å². The maximum Gasteiger partial charge on any atom is 0.330 e. The number of aliphatic hydroxyl groups is 2. The smallest absolute Gasteiger partial charge is 0.330 e. The molecule has 0 unspecified atom stereocenters. The first-order valence-electron chi connectivity index (χ1n) is 12.1. The van der Waals surface area contributed by atoms with Gasteiger partial charge in [0.25, 0.3) is 0 Å². The summed E-state index contributed by atoms with van der Waals surface area (Å²) in [6, 6.07) is 0. The molecule has 8 heteroatoms. The van der Waals surface area contributed by atoms with E-state index in [-0.39, 0.29) is 31.1 Å². The molecule has 0 bridgehead atoms. The van der Waals surface area contributed by atoms with Crippen LogP contribution in [0.25, 0.3) is 0 Å². The minimum atomic E-state index is -0.839. The number of hydrogen-bond donors (Lipinski definition) is 3. The standard InChI is InChI=1S/C26H40O8/c1-18(16-24(30)33-14-9-7-5-4-6-8-13-23(28)29)15-22-26(32)25(31)21(17-34-22)12-10-11-19(2)20(3)27/h10-11,16,19-20,22,27,31H,4-9,12-15,17H2,1-3H3,(H,28,29)/b11-10+,18-16+/t19-,20+,22+/m1/s1. The molecule has 0 spiro atoms. The van der Waals surface area contributed by atoms with Crippen molar-refractivity contribution in [2.75, 3.05) is 13.2 Å². The number of allylic oxidation sites excluding steroid dienone is 1. The van der Waals surface area contributed by atoms with Crippen molar-refractivity contribution in [2.24, 2.45) is 5.92 Å². The van der Waals surface area contributed by atoms with Crippen LogP contribution in [0.1, 0.15) is 78.6 Å². The SMILES string of the molecule is C/C(=C\C(=O)OCCCCCCCCC(=O)O)C[C@@H]1OCC(C/C=C/[C@@H](C)[C@H](C)O)=C(O)C1=O. The summed E-state index contributed by atoms with van der Waals surface area (Å²) in [7, 11) is 0. The van der Waals surface area contributed by atoms with Crippen molar-refractivity contribution in [3.8, 4) is 0 Å². The lowest BCUT2D eigenvalue weighted by Gasteiger charge is -2.23. The molecule has 0 amide bonds. The van der Waals surface area contributed by atoms with Crippen molar-refractivity contribution in [2.45, 2.75) is 90.8 Å². The molecule has 3 N–H and O–H groups in total. The number of unbranched alkanes of at least 4 members (excludes halogenated alkanes) is 5. The van der Waals surface area contributed by atoms with Crippen molar-refractivity contribution in [1.29, 1.82) is 0 Å². The van der Waals surface area contributed by atoms with Gasteiger partial charge in [-0.3, -0.25) is 9.59 Å². The molecular formula is C26H40O8. The molecule has 0 aliphatic carbocycles. The first-order valence-corrected chi connectivity index (χ1v) is 12.1. The predicted molar refractivity (Wildman–Crippen MR) is 128 cm³/mol. The molecule has 34 heavy (non-hydrogen) atoms. The summed E-state index contributed by atoms with van der Waals surface area (Å²) >= 11 is 0. The van der Waals surface area contributed by atoms with E-state index in [0.717, 1.165) is 32.1 Å². The number of rotatable bonds is 16. The monoisotopic (exact) mass is 480 g/mol. The Morgan fingerprint density at radius 3 is 2.44 bits per heavy atom. The van der Waals surface area contributed by atoms with E-state index in [0.29, 0.717) is 30.6 Å². The summed E-state index contributed by atoms with van der Waals surface area (Å²) in [5.74, 6) is -2.05. The van der Waals surface area contributed by atoms with Crippen LogP contribution in [0, 0.1) is 5.92 Å². The van der Waals surface area contributed by atoms with E-state index >= 15 is 0 Å². The molecule has 0 saturated heterocycles. The molecule has 0 radical (unpaired) electrons. The zero-order valence-corrected chi connectivity index (χ0v) is 20.6. The molecule has 192 valence electrons. The number of ketones is 1. The van der Waals surface area contributed by atoms with Crippen LogP contribution in [-0.4, -0.2) is 58.5 Å². The van der Waals surface area contributed by atoms with Crippen molar-refractivity contribution in [3.05, 3.63) is 35.1 Å². The van der Waals surface area contributed by atoms with Gasteiger partial charge in [-0.1, -0.05) is 50.3 Å². The Hall–Kier alpha value is -2.45. The van der Waals surface area contributed by atoms with Crippen LogP contribution in [0.5, 0.6) is 0 Å². The number of hydrogen-bond acceptors (Lipinski definition) is 7. The number of esters is 1. The third kappa shape index (κ3) is 12.1. The van der Waals surface area contributed by atoms with Gasteiger partial charge in [-0.05, 0) is 39.0 Å². The van der Waals surface area contributed by atoms with Crippen molar-refractivity contribution in [1.82, 2.24) is 0 Å². The van der Waals surface area contributed by atoms with Crippen molar-refractivity contribution in [3.63, 3.8) is 0 Å². The van der Waals surface area contributed by atoms with Gasteiger partial charge < -0.3 is 24.8 Å². The van der Waals surface area contributed by atoms with E-state index in [1.165, 1.54) is 6.08 Å². The highest BCUT2D eigenvalue weighted by Crippen LogP contribution is 2.23. The van der Waals surface area contributed by atoms with Crippen molar-refractivity contribution >= 4 is 17.7 Å². The van der Waals surface area contributed by atoms with Gasteiger partial charge in [-0.2, -0.15) is 0 Å². The fourth-order valence-electron chi connectivity index (χ4n) is 3.42. The lowest BCUT2D eigenvalue weighted by atomic mass is 9.97. The Balaban J connectivity index is 2.34. The van der Waals surface area contributed by atoms with Gasteiger partial charge in [0.15, 0.2) is 5.76 Å². The quantitative estimate of drug-likeness (QED) is 0.128. The first kappa shape index (κ1) is 29.6. The molecule has 0 aromatic heterocycles. The second-order valence-electron chi connectivity index (χ2n) is 8.98. The summed E-state index contributed by atoms with van der Waals surface area (Å²) in [5, 5.41) is 28.4. The molecular weight excluding hydrogens is 440 g/mol. The molecule has 8 nitrogen and oxygen atoms in total. The number of carboxylic acids is 1. The van der Waals surface area contributed by atoms with Crippen LogP contribution >= 0.6 is 0 Å². The van der Waals surface area contributed by atoms with Gasteiger partial charge in [0.1, 0.15) is 6.10 Å². The van der Waals surface area contributed by atoms with Crippen LogP contribution in [0.15, 0.2) is 35.1 Å². The first-order chi connectivity index (χ1) is 16.1. The fourth-order valence-corrected chi connectivity index (χ4v) is 3.42.